The summed E-state index contributed by atoms with van der Waals surface area (Å²) in [6, 6.07) is 10.8. The minimum atomic E-state index is -0.835. The number of nitro groups is 1. The largest absolute Gasteiger partial charge is 0.497 e. The van der Waals surface area contributed by atoms with E-state index >= 15 is 0 Å². The molecule has 2 aliphatic rings. The molecule has 2 aromatic rings. The van der Waals surface area contributed by atoms with Crippen molar-refractivity contribution in [1.82, 2.24) is 0 Å². The van der Waals surface area contributed by atoms with Crippen LogP contribution in [0.15, 0.2) is 47.6 Å². The fraction of sp³-hybridized carbons (Fsp3) is 0.400. The molecule has 0 spiro atoms. The number of benzene rings is 2. The highest BCUT2D eigenvalue weighted by Crippen LogP contribution is 2.71. The van der Waals surface area contributed by atoms with Gasteiger partial charge in [-0.05, 0) is 54.7 Å². The number of amides is 1. The summed E-state index contributed by atoms with van der Waals surface area (Å²) in [6.45, 7) is 6.11. The Morgan fingerprint density at radius 1 is 1.11 bits per heavy atom. The van der Waals surface area contributed by atoms with Gasteiger partial charge in [0.2, 0.25) is 5.91 Å². The van der Waals surface area contributed by atoms with Crippen molar-refractivity contribution in [2.45, 2.75) is 40.0 Å². The molecule has 10 heteroatoms. The molecular weight excluding hydrogens is 474 g/mol. The third kappa shape index (κ3) is 3.83. The maximum Gasteiger partial charge on any atom is 0.365 e. The second-order valence-corrected chi connectivity index (χ2v) is 10.1. The number of carbonyl (C=O) groups excluding carboxylic acids is 2. The second kappa shape index (κ2) is 8.64. The Morgan fingerprint density at radius 3 is 2.43 bits per heavy atom. The number of rotatable bonds is 6. The van der Waals surface area contributed by atoms with E-state index in [0.29, 0.717) is 36.4 Å². The van der Waals surface area contributed by atoms with Crippen molar-refractivity contribution in [3.63, 3.8) is 0 Å². The van der Waals surface area contributed by atoms with Crippen molar-refractivity contribution >= 4 is 40.6 Å². The smallest absolute Gasteiger partial charge is 0.365 e. The molecular formula is C25H26ClN3O6. The molecule has 9 nitrogen and oxygen atoms in total. The van der Waals surface area contributed by atoms with Crippen LogP contribution in [-0.2, 0) is 9.63 Å². The number of nitro benzene ring substituents is 1. The Balaban J connectivity index is 1.57. The van der Waals surface area contributed by atoms with Gasteiger partial charge in [0.1, 0.15) is 10.8 Å². The standard InChI is InChI=1S/C25H26ClN3O6/c1-23(2)24(3)11-12-25(23,22(31)27-16-6-8-17(34-4)9-7-16)14-20(24)28-35-21(30)15-5-10-18(26)19(13-15)29(32)33/h5-10,13H,11-12,14H2,1-4H3,(H,27,31)/b28-20+. The fourth-order valence-electron chi connectivity index (χ4n) is 5.38. The molecule has 2 unspecified atom stereocenters. The highest BCUT2D eigenvalue weighted by atomic mass is 35.5. The summed E-state index contributed by atoms with van der Waals surface area (Å²) in [6.07, 6.45) is 1.72. The normalized spacial score (nSPS) is 25.3. The van der Waals surface area contributed by atoms with Crippen LogP contribution in [0.5, 0.6) is 5.75 Å². The van der Waals surface area contributed by atoms with Crippen LogP contribution in [0.25, 0.3) is 0 Å². The number of ether oxygens (including phenoxy) is 1. The summed E-state index contributed by atoms with van der Waals surface area (Å²) < 4.78 is 5.17. The first-order valence-corrected chi connectivity index (χ1v) is 11.5. The SMILES string of the molecule is COc1ccc(NC(=O)C23CCC(C)(/C(=N/OC(=O)c4ccc(Cl)c([N+](=O)[O-])c4)C2)C3(C)C)cc1. The van der Waals surface area contributed by atoms with Crippen molar-refractivity contribution in [1.29, 1.82) is 0 Å². The van der Waals surface area contributed by atoms with E-state index in [1.165, 1.54) is 12.1 Å². The van der Waals surface area contributed by atoms with Crippen molar-refractivity contribution in [2.75, 3.05) is 12.4 Å². The van der Waals surface area contributed by atoms with Gasteiger partial charge in [-0.15, -0.1) is 0 Å². The van der Waals surface area contributed by atoms with E-state index in [-0.39, 0.29) is 16.5 Å². The minimum Gasteiger partial charge on any atom is -0.497 e. The molecule has 0 heterocycles. The molecule has 2 saturated carbocycles. The van der Waals surface area contributed by atoms with Gasteiger partial charge in [0, 0.05) is 23.6 Å². The number of anilines is 1. The topological polar surface area (TPSA) is 120 Å². The zero-order valence-corrected chi connectivity index (χ0v) is 20.6. The van der Waals surface area contributed by atoms with Gasteiger partial charge < -0.3 is 14.9 Å². The van der Waals surface area contributed by atoms with Gasteiger partial charge in [0.05, 0.1) is 28.7 Å². The quantitative estimate of drug-likeness (QED) is 0.312. The van der Waals surface area contributed by atoms with E-state index in [9.17, 15) is 19.7 Å². The predicted molar refractivity (Wildman–Crippen MR) is 131 cm³/mol. The first-order chi connectivity index (χ1) is 16.4. The third-order valence-electron chi connectivity index (χ3n) is 8.13. The lowest BCUT2D eigenvalue weighted by molar-refractivity contribution is -0.384. The molecule has 2 aromatic carbocycles. The number of nitrogens with zero attached hydrogens (tertiary/aromatic N) is 2. The summed E-state index contributed by atoms with van der Waals surface area (Å²) in [5.74, 6) is -0.252. The van der Waals surface area contributed by atoms with Crippen LogP contribution in [0.3, 0.4) is 0 Å². The van der Waals surface area contributed by atoms with Crippen LogP contribution in [0, 0.1) is 26.4 Å². The van der Waals surface area contributed by atoms with Crippen molar-refractivity contribution in [3.05, 3.63) is 63.2 Å². The summed E-state index contributed by atoms with van der Waals surface area (Å²) in [4.78, 5) is 41.8. The highest BCUT2D eigenvalue weighted by Gasteiger charge is 2.71. The molecule has 35 heavy (non-hydrogen) atoms. The molecule has 1 N–H and O–H groups in total. The average Bonchev–Trinajstić information content (AvgIpc) is 3.14. The van der Waals surface area contributed by atoms with Crippen molar-refractivity contribution in [2.24, 2.45) is 21.4 Å². The molecule has 1 amide bonds. The summed E-state index contributed by atoms with van der Waals surface area (Å²) in [5, 5.41) is 18.2. The maximum absolute atomic E-state index is 13.6. The zero-order chi connectivity index (χ0) is 25.6. The van der Waals surface area contributed by atoms with Crippen LogP contribution in [0.2, 0.25) is 5.02 Å². The van der Waals surface area contributed by atoms with E-state index in [4.69, 9.17) is 21.2 Å². The fourth-order valence-corrected chi connectivity index (χ4v) is 5.56. The molecule has 0 aliphatic heterocycles. The summed E-state index contributed by atoms with van der Waals surface area (Å²) in [5.41, 5.74) is -0.796. The molecule has 4 rings (SSSR count). The van der Waals surface area contributed by atoms with E-state index in [1.807, 2.05) is 20.8 Å². The van der Waals surface area contributed by atoms with Crippen molar-refractivity contribution in [3.8, 4) is 5.75 Å². The van der Waals surface area contributed by atoms with Crippen LogP contribution < -0.4 is 10.1 Å². The Bertz CT molecular complexity index is 1240. The number of oxime groups is 1. The summed E-state index contributed by atoms with van der Waals surface area (Å²) in [7, 11) is 1.58. The van der Waals surface area contributed by atoms with Gasteiger partial charge in [-0.2, -0.15) is 0 Å². The van der Waals surface area contributed by atoms with Crippen LogP contribution in [0.4, 0.5) is 11.4 Å². The minimum absolute atomic E-state index is 0.0371. The predicted octanol–water partition coefficient (Wildman–Crippen LogP) is 5.62. The van der Waals surface area contributed by atoms with E-state index in [1.54, 1.807) is 31.4 Å². The van der Waals surface area contributed by atoms with Crippen LogP contribution >= 0.6 is 11.6 Å². The molecule has 2 atom stereocenters. The highest BCUT2D eigenvalue weighted by molar-refractivity contribution is 6.32. The number of nitrogens with one attached hydrogen (secondary N) is 1. The molecule has 0 saturated heterocycles. The lowest BCUT2D eigenvalue weighted by Gasteiger charge is -2.39. The Labute approximate surface area is 207 Å². The van der Waals surface area contributed by atoms with Gasteiger partial charge in [-0.3, -0.25) is 14.9 Å². The van der Waals surface area contributed by atoms with Gasteiger partial charge in [0.25, 0.3) is 5.69 Å². The average molecular weight is 500 g/mol. The number of halogens is 1. The maximum atomic E-state index is 13.6. The lowest BCUT2D eigenvalue weighted by atomic mass is 9.64. The summed E-state index contributed by atoms with van der Waals surface area (Å²) >= 11 is 5.82. The number of hydrogen-bond donors (Lipinski definition) is 1. The van der Waals surface area contributed by atoms with Crippen LogP contribution in [-0.4, -0.2) is 29.6 Å². The van der Waals surface area contributed by atoms with E-state index < -0.39 is 32.8 Å². The lowest BCUT2D eigenvalue weighted by Crippen LogP contribution is -2.43. The van der Waals surface area contributed by atoms with Gasteiger partial charge in [-0.1, -0.05) is 37.5 Å². The molecule has 2 bridgehead atoms. The molecule has 184 valence electrons. The van der Waals surface area contributed by atoms with Gasteiger partial charge in [0.15, 0.2) is 0 Å². The molecule has 0 aromatic heterocycles. The third-order valence-corrected chi connectivity index (χ3v) is 8.45. The molecule has 0 radical (unpaired) electrons. The Hall–Kier alpha value is -3.46. The second-order valence-electron chi connectivity index (χ2n) is 9.74. The molecule has 2 fully saturated rings. The number of methoxy groups -OCH3 is 1. The van der Waals surface area contributed by atoms with Gasteiger partial charge in [-0.25, -0.2) is 4.79 Å². The van der Waals surface area contributed by atoms with Gasteiger partial charge >= 0.3 is 5.97 Å². The number of fused-ring (bicyclic) bond motifs is 2. The zero-order valence-electron chi connectivity index (χ0n) is 19.9. The Kier molecular flexibility index (Phi) is 6.09. The monoisotopic (exact) mass is 499 g/mol. The number of carbonyl (C=O) groups is 2. The van der Waals surface area contributed by atoms with E-state index in [2.05, 4.69) is 10.5 Å². The van der Waals surface area contributed by atoms with Crippen LogP contribution in [0.1, 0.15) is 50.4 Å². The first kappa shape index (κ1) is 24.7. The van der Waals surface area contributed by atoms with E-state index in [0.717, 1.165) is 6.07 Å². The Morgan fingerprint density at radius 2 is 1.80 bits per heavy atom. The van der Waals surface area contributed by atoms with Crippen molar-refractivity contribution < 1.29 is 24.1 Å². The number of hydrogen-bond acceptors (Lipinski definition) is 7. The first-order valence-electron chi connectivity index (χ1n) is 11.1. The molecule has 2 aliphatic carbocycles.